The predicted octanol–water partition coefficient (Wildman–Crippen LogP) is 2.01. The van der Waals surface area contributed by atoms with Gasteiger partial charge in [0, 0.05) is 4.88 Å². The van der Waals surface area contributed by atoms with Crippen molar-refractivity contribution in [3.8, 4) is 0 Å². The van der Waals surface area contributed by atoms with E-state index in [-0.39, 0.29) is 39.3 Å². The van der Waals surface area contributed by atoms with Gasteiger partial charge in [0.25, 0.3) is 0 Å². The van der Waals surface area contributed by atoms with E-state index in [1.54, 1.807) is 0 Å². The molecular weight excluding hydrogens is 248 g/mol. The van der Waals surface area contributed by atoms with E-state index in [0.717, 1.165) is 0 Å². The van der Waals surface area contributed by atoms with Gasteiger partial charge in [0.15, 0.2) is 11.1 Å². The zero-order chi connectivity index (χ0) is 10.2. The van der Waals surface area contributed by atoms with Crippen molar-refractivity contribution in [2.45, 2.75) is 18.0 Å². The maximum absolute atomic E-state index is 12.1. The van der Waals surface area contributed by atoms with Gasteiger partial charge in [0.1, 0.15) is 4.88 Å². The Morgan fingerprint density at radius 1 is 1.50 bits per heavy atom. The quantitative estimate of drug-likeness (QED) is 0.615. The summed E-state index contributed by atoms with van der Waals surface area (Å²) < 4.78 is 55.3. The van der Waals surface area contributed by atoms with Crippen LogP contribution in [0.5, 0.6) is 0 Å². The molecule has 2 nitrogen and oxygen atoms in total. The molecule has 0 saturated carbocycles. The summed E-state index contributed by atoms with van der Waals surface area (Å²) in [5.74, 6) is 0. The number of halogens is 3. The Kier molecular flexibility index (Phi) is 5.31. The van der Waals surface area contributed by atoms with E-state index in [1.165, 1.54) is 6.92 Å². The van der Waals surface area contributed by atoms with Crippen LogP contribution in [0.2, 0.25) is 0 Å². The van der Waals surface area contributed by atoms with Crippen LogP contribution >= 0.6 is 11.3 Å². The number of alkyl halides is 3. The Morgan fingerprint density at radius 3 is 2.21 bits per heavy atom. The first-order chi connectivity index (χ1) is 5.82. The van der Waals surface area contributed by atoms with Crippen LogP contribution in [-0.4, -0.2) is 38.3 Å². The summed E-state index contributed by atoms with van der Waals surface area (Å²) in [7, 11) is 0. The van der Waals surface area contributed by atoms with Crippen molar-refractivity contribution in [3.05, 3.63) is 15.8 Å². The van der Waals surface area contributed by atoms with Crippen molar-refractivity contribution >= 4 is 52.0 Å². The van der Waals surface area contributed by atoms with E-state index >= 15 is 0 Å². The van der Waals surface area contributed by atoms with Crippen molar-refractivity contribution in [1.82, 2.24) is 0 Å². The van der Waals surface area contributed by atoms with Crippen LogP contribution in [0.25, 0.3) is 0 Å². The minimum absolute atomic E-state index is 0. The zero-order valence-electron chi connectivity index (χ0n) is 6.38. The molecule has 1 atom stereocenters. The van der Waals surface area contributed by atoms with Crippen LogP contribution in [0, 0.1) is 6.92 Å². The molecule has 0 aliphatic rings. The average Bonchev–Trinajstić information content (AvgIpc) is 2.29. The standard InChI is InChI=1S/C6H5F3O2S2.Na.H/c1-3-4(13(10)11)2-5(12-3)6(7,8)9;;/h2H,1H3,(H,10,11);;. The Labute approximate surface area is 107 Å². The molecule has 0 fully saturated rings. The Balaban J connectivity index is 0.00000169. The topological polar surface area (TPSA) is 37.3 Å². The third-order valence-electron chi connectivity index (χ3n) is 1.34. The van der Waals surface area contributed by atoms with Gasteiger partial charge in [-0.25, -0.2) is 4.21 Å². The summed E-state index contributed by atoms with van der Waals surface area (Å²) in [5.41, 5.74) is 0. The fourth-order valence-electron chi connectivity index (χ4n) is 0.778. The Hall–Kier alpha value is 0.600. The van der Waals surface area contributed by atoms with Crippen LogP contribution in [0.1, 0.15) is 9.75 Å². The summed E-state index contributed by atoms with van der Waals surface area (Å²) in [5, 5.41) is 0. The third-order valence-corrected chi connectivity index (χ3v) is 3.36. The molecule has 1 N–H and O–H groups in total. The number of hydrogen-bond donors (Lipinski definition) is 1. The fraction of sp³-hybridized carbons (Fsp3) is 0.333. The maximum atomic E-state index is 12.1. The van der Waals surface area contributed by atoms with E-state index in [9.17, 15) is 17.4 Å². The molecule has 0 amide bonds. The van der Waals surface area contributed by atoms with E-state index in [4.69, 9.17) is 4.55 Å². The normalized spacial score (nSPS) is 13.5. The first kappa shape index (κ1) is 14.6. The second-order valence-electron chi connectivity index (χ2n) is 2.28. The SMILES string of the molecule is Cc1sc(C(F)(F)F)cc1S(=O)O.[NaH]. The second kappa shape index (κ2) is 5.09. The zero-order valence-corrected chi connectivity index (χ0v) is 8.02. The molecule has 1 aromatic rings. The number of aryl methyl sites for hydroxylation is 1. The molecule has 1 rings (SSSR count). The molecule has 14 heavy (non-hydrogen) atoms. The van der Waals surface area contributed by atoms with Crippen LogP contribution in [0.3, 0.4) is 0 Å². The second-order valence-corrected chi connectivity index (χ2v) is 4.47. The van der Waals surface area contributed by atoms with Gasteiger partial charge in [-0.1, -0.05) is 0 Å². The van der Waals surface area contributed by atoms with Crippen LogP contribution in [-0.2, 0) is 17.3 Å². The average molecular weight is 254 g/mol. The molecule has 0 aliphatic carbocycles. The van der Waals surface area contributed by atoms with Crippen molar-refractivity contribution in [2.75, 3.05) is 0 Å². The van der Waals surface area contributed by atoms with Crippen LogP contribution in [0.4, 0.5) is 13.2 Å². The first-order valence-corrected chi connectivity index (χ1v) is 5.03. The van der Waals surface area contributed by atoms with E-state index in [1.807, 2.05) is 0 Å². The molecular formula is C6H6F3NaO2S2. The Bertz CT molecular complexity index is 347. The van der Waals surface area contributed by atoms with Crippen LogP contribution < -0.4 is 0 Å². The molecule has 0 spiro atoms. The van der Waals surface area contributed by atoms with Crippen molar-refractivity contribution in [2.24, 2.45) is 0 Å². The Morgan fingerprint density at radius 2 is 2.00 bits per heavy atom. The molecule has 8 heteroatoms. The van der Waals surface area contributed by atoms with Gasteiger partial charge in [-0.15, -0.1) is 11.3 Å². The molecule has 0 bridgehead atoms. The first-order valence-electron chi connectivity index (χ1n) is 3.11. The summed E-state index contributed by atoms with van der Waals surface area (Å²) in [6.45, 7) is 1.38. The van der Waals surface area contributed by atoms with Crippen LogP contribution in [0.15, 0.2) is 11.0 Å². The number of hydrogen-bond acceptors (Lipinski definition) is 2. The molecule has 1 aromatic heterocycles. The molecule has 1 heterocycles. The van der Waals surface area contributed by atoms with Gasteiger partial charge >= 0.3 is 35.7 Å². The molecule has 0 aromatic carbocycles. The minimum atomic E-state index is -4.44. The van der Waals surface area contributed by atoms with E-state index in [2.05, 4.69) is 0 Å². The molecule has 0 saturated heterocycles. The monoisotopic (exact) mass is 254 g/mol. The van der Waals surface area contributed by atoms with E-state index < -0.39 is 22.1 Å². The summed E-state index contributed by atoms with van der Waals surface area (Å²) in [6, 6.07) is 0.704. The molecule has 76 valence electrons. The number of rotatable bonds is 1. The summed E-state index contributed by atoms with van der Waals surface area (Å²) in [4.78, 5) is -0.798. The summed E-state index contributed by atoms with van der Waals surface area (Å²) in [6.07, 6.45) is -4.44. The molecule has 0 aliphatic heterocycles. The van der Waals surface area contributed by atoms with Gasteiger partial charge in [0.05, 0.1) is 4.90 Å². The third kappa shape index (κ3) is 3.32. The summed E-state index contributed by atoms with van der Waals surface area (Å²) >= 11 is -1.87. The van der Waals surface area contributed by atoms with Gasteiger partial charge < -0.3 is 4.55 Å². The van der Waals surface area contributed by atoms with Gasteiger partial charge in [-0.2, -0.15) is 13.2 Å². The predicted molar refractivity (Wildman–Crippen MR) is 50.2 cm³/mol. The van der Waals surface area contributed by atoms with E-state index in [0.29, 0.717) is 17.4 Å². The van der Waals surface area contributed by atoms with Gasteiger partial charge in [0.2, 0.25) is 0 Å². The van der Waals surface area contributed by atoms with Gasteiger partial charge in [-0.05, 0) is 13.0 Å². The fourth-order valence-corrected chi connectivity index (χ4v) is 2.44. The molecule has 0 radical (unpaired) electrons. The molecule has 1 unspecified atom stereocenters. The number of thiophene rings is 1. The van der Waals surface area contributed by atoms with Crippen molar-refractivity contribution in [3.63, 3.8) is 0 Å². The van der Waals surface area contributed by atoms with Crippen molar-refractivity contribution < 1.29 is 21.9 Å². The van der Waals surface area contributed by atoms with Crippen molar-refractivity contribution in [1.29, 1.82) is 0 Å². The van der Waals surface area contributed by atoms with Gasteiger partial charge in [-0.3, -0.25) is 0 Å².